The van der Waals surface area contributed by atoms with Crippen LogP contribution in [0.3, 0.4) is 0 Å². The minimum atomic E-state index is -3.39. The van der Waals surface area contributed by atoms with Gasteiger partial charge in [0.25, 0.3) is 0 Å². The SMILES string of the molecule is CC(=O)N1CCN(C(=O)C(C)S(=O)(=O)C2CCCC2)CC1. The number of carbonyl (C=O) groups excluding carboxylic acids is 2. The van der Waals surface area contributed by atoms with Crippen molar-refractivity contribution in [1.29, 1.82) is 0 Å². The Kier molecular flexibility index (Phi) is 4.91. The van der Waals surface area contributed by atoms with Gasteiger partial charge in [-0.2, -0.15) is 0 Å². The van der Waals surface area contributed by atoms with E-state index in [0.717, 1.165) is 12.8 Å². The molecule has 0 bridgehead atoms. The van der Waals surface area contributed by atoms with Crippen molar-refractivity contribution in [2.24, 2.45) is 0 Å². The van der Waals surface area contributed by atoms with Crippen molar-refractivity contribution < 1.29 is 18.0 Å². The van der Waals surface area contributed by atoms with Crippen LogP contribution < -0.4 is 0 Å². The van der Waals surface area contributed by atoms with E-state index in [-0.39, 0.29) is 17.1 Å². The van der Waals surface area contributed by atoms with E-state index in [0.29, 0.717) is 39.0 Å². The number of hydrogen-bond acceptors (Lipinski definition) is 4. The maximum atomic E-state index is 12.5. The van der Waals surface area contributed by atoms with Crippen LogP contribution in [0.4, 0.5) is 0 Å². The third-order valence-corrected chi connectivity index (χ3v) is 7.23. The molecule has 0 aromatic heterocycles. The summed E-state index contributed by atoms with van der Waals surface area (Å²) in [6, 6.07) is 0. The topological polar surface area (TPSA) is 74.8 Å². The Hall–Kier alpha value is -1.11. The first-order chi connectivity index (χ1) is 9.84. The molecule has 1 saturated heterocycles. The van der Waals surface area contributed by atoms with Crippen LogP contribution in [0.5, 0.6) is 0 Å². The van der Waals surface area contributed by atoms with Crippen molar-refractivity contribution in [3.63, 3.8) is 0 Å². The lowest BCUT2D eigenvalue weighted by Gasteiger charge is -2.35. The van der Waals surface area contributed by atoms with E-state index in [1.54, 1.807) is 9.80 Å². The fourth-order valence-electron chi connectivity index (χ4n) is 3.14. The summed E-state index contributed by atoms with van der Waals surface area (Å²) >= 11 is 0. The molecule has 1 heterocycles. The number of amides is 2. The minimum absolute atomic E-state index is 0.00581. The van der Waals surface area contributed by atoms with E-state index in [4.69, 9.17) is 0 Å². The molecule has 120 valence electrons. The maximum Gasteiger partial charge on any atom is 0.240 e. The fourth-order valence-corrected chi connectivity index (χ4v) is 5.14. The molecule has 7 heteroatoms. The second-order valence-electron chi connectivity index (χ2n) is 5.97. The molecule has 1 unspecified atom stereocenters. The molecule has 0 N–H and O–H groups in total. The largest absolute Gasteiger partial charge is 0.339 e. The van der Waals surface area contributed by atoms with E-state index >= 15 is 0 Å². The van der Waals surface area contributed by atoms with Gasteiger partial charge in [0.2, 0.25) is 11.8 Å². The normalized spacial score (nSPS) is 22.4. The number of nitrogens with zero attached hydrogens (tertiary/aromatic N) is 2. The van der Waals surface area contributed by atoms with Crippen LogP contribution in [0.1, 0.15) is 39.5 Å². The summed E-state index contributed by atoms with van der Waals surface area (Å²) in [6.07, 6.45) is 3.22. The van der Waals surface area contributed by atoms with Gasteiger partial charge < -0.3 is 9.80 Å². The number of rotatable bonds is 3. The van der Waals surface area contributed by atoms with Crippen LogP contribution in [0, 0.1) is 0 Å². The van der Waals surface area contributed by atoms with Gasteiger partial charge in [-0.3, -0.25) is 9.59 Å². The predicted molar refractivity (Wildman–Crippen MR) is 79.5 cm³/mol. The molecule has 2 rings (SSSR count). The van der Waals surface area contributed by atoms with Gasteiger partial charge in [-0.15, -0.1) is 0 Å². The zero-order valence-corrected chi connectivity index (χ0v) is 13.6. The van der Waals surface area contributed by atoms with Gasteiger partial charge >= 0.3 is 0 Å². The van der Waals surface area contributed by atoms with Crippen LogP contribution in [-0.2, 0) is 19.4 Å². The van der Waals surface area contributed by atoms with E-state index in [1.165, 1.54) is 13.8 Å². The average Bonchev–Trinajstić information content (AvgIpc) is 3.00. The highest BCUT2D eigenvalue weighted by Crippen LogP contribution is 2.28. The highest BCUT2D eigenvalue weighted by Gasteiger charge is 2.39. The van der Waals surface area contributed by atoms with Gasteiger partial charge in [0.1, 0.15) is 5.25 Å². The lowest BCUT2D eigenvalue weighted by atomic mass is 10.3. The molecule has 21 heavy (non-hydrogen) atoms. The smallest absolute Gasteiger partial charge is 0.240 e. The molecule has 0 radical (unpaired) electrons. The first-order valence-electron chi connectivity index (χ1n) is 7.61. The van der Waals surface area contributed by atoms with Crippen LogP contribution in [-0.4, -0.2) is 66.7 Å². The molecular weight excluding hydrogens is 292 g/mol. The third-order valence-electron chi connectivity index (χ3n) is 4.64. The summed E-state index contributed by atoms with van der Waals surface area (Å²) in [7, 11) is -3.39. The Morgan fingerprint density at radius 3 is 1.95 bits per heavy atom. The van der Waals surface area contributed by atoms with Gasteiger partial charge in [0, 0.05) is 33.1 Å². The van der Waals surface area contributed by atoms with Gasteiger partial charge in [0.15, 0.2) is 9.84 Å². The molecule has 6 nitrogen and oxygen atoms in total. The molecule has 2 amide bonds. The Morgan fingerprint density at radius 1 is 1.00 bits per heavy atom. The summed E-state index contributed by atoms with van der Waals surface area (Å²) in [5, 5.41) is -1.32. The van der Waals surface area contributed by atoms with Crippen molar-refractivity contribution in [3.8, 4) is 0 Å². The highest BCUT2D eigenvalue weighted by atomic mass is 32.2. The Balaban J connectivity index is 1.98. The molecule has 0 spiro atoms. The monoisotopic (exact) mass is 316 g/mol. The quantitative estimate of drug-likeness (QED) is 0.756. The van der Waals surface area contributed by atoms with Gasteiger partial charge in [0.05, 0.1) is 5.25 Å². The molecule has 1 aliphatic heterocycles. The van der Waals surface area contributed by atoms with E-state index in [9.17, 15) is 18.0 Å². The van der Waals surface area contributed by atoms with Gasteiger partial charge in [-0.05, 0) is 19.8 Å². The second kappa shape index (κ2) is 6.34. The standard InChI is InChI=1S/C14H24N2O4S/c1-11(21(19,20)13-5-3-4-6-13)14(18)16-9-7-15(8-10-16)12(2)17/h11,13H,3-10H2,1-2H3. The summed E-state index contributed by atoms with van der Waals surface area (Å²) in [6.45, 7) is 4.82. The molecular formula is C14H24N2O4S. The lowest BCUT2D eigenvalue weighted by molar-refractivity contribution is -0.137. The van der Waals surface area contributed by atoms with E-state index in [1.807, 2.05) is 0 Å². The lowest BCUT2D eigenvalue weighted by Crippen LogP contribution is -2.53. The van der Waals surface area contributed by atoms with Crippen LogP contribution >= 0.6 is 0 Å². The Bertz CT molecular complexity index is 503. The van der Waals surface area contributed by atoms with Crippen molar-refractivity contribution in [2.75, 3.05) is 26.2 Å². The van der Waals surface area contributed by atoms with Crippen molar-refractivity contribution in [1.82, 2.24) is 9.80 Å². The molecule has 2 aliphatic rings. The Labute approximate surface area is 126 Å². The first-order valence-corrected chi connectivity index (χ1v) is 9.22. The summed E-state index contributed by atoms with van der Waals surface area (Å²) in [5.41, 5.74) is 0. The van der Waals surface area contributed by atoms with Crippen LogP contribution in [0.25, 0.3) is 0 Å². The van der Waals surface area contributed by atoms with Gasteiger partial charge in [-0.1, -0.05) is 12.8 Å². The molecule has 1 atom stereocenters. The van der Waals surface area contributed by atoms with Gasteiger partial charge in [-0.25, -0.2) is 8.42 Å². The average molecular weight is 316 g/mol. The summed E-state index contributed by atoms with van der Waals surface area (Å²) in [4.78, 5) is 27.0. The summed E-state index contributed by atoms with van der Waals surface area (Å²) < 4.78 is 25.0. The fraction of sp³-hybridized carbons (Fsp3) is 0.857. The predicted octanol–water partition coefficient (Wildman–Crippen LogP) is 0.423. The number of piperazine rings is 1. The van der Waals surface area contributed by atoms with Crippen molar-refractivity contribution in [3.05, 3.63) is 0 Å². The molecule has 0 aromatic rings. The van der Waals surface area contributed by atoms with E-state index in [2.05, 4.69) is 0 Å². The second-order valence-corrected chi connectivity index (χ2v) is 8.52. The van der Waals surface area contributed by atoms with Crippen LogP contribution in [0.15, 0.2) is 0 Å². The molecule has 1 saturated carbocycles. The van der Waals surface area contributed by atoms with Crippen molar-refractivity contribution in [2.45, 2.75) is 50.0 Å². The summed E-state index contributed by atoms with van der Waals surface area (Å²) in [5.74, 6) is -0.321. The maximum absolute atomic E-state index is 12.5. The number of hydrogen-bond donors (Lipinski definition) is 0. The molecule has 0 aromatic carbocycles. The molecule has 2 fully saturated rings. The Morgan fingerprint density at radius 2 is 1.48 bits per heavy atom. The number of carbonyl (C=O) groups is 2. The molecule has 1 aliphatic carbocycles. The minimum Gasteiger partial charge on any atom is -0.339 e. The zero-order valence-electron chi connectivity index (χ0n) is 12.7. The highest BCUT2D eigenvalue weighted by molar-refractivity contribution is 7.93. The van der Waals surface area contributed by atoms with E-state index < -0.39 is 15.1 Å². The van der Waals surface area contributed by atoms with Crippen LogP contribution in [0.2, 0.25) is 0 Å². The number of sulfone groups is 1. The zero-order chi connectivity index (χ0) is 15.6. The first kappa shape index (κ1) is 16.3. The van der Waals surface area contributed by atoms with Crippen molar-refractivity contribution >= 4 is 21.7 Å². The third kappa shape index (κ3) is 3.39.